The van der Waals surface area contributed by atoms with Crippen LogP contribution < -0.4 is 11.1 Å². The summed E-state index contributed by atoms with van der Waals surface area (Å²) in [5.41, 5.74) is 6.86. The number of hydrogen-bond donors (Lipinski definition) is 2. The zero-order chi connectivity index (χ0) is 12.4. The van der Waals surface area contributed by atoms with E-state index >= 15 is 0 Å². The van der Waals surface area contributed by atoms with Crippen LogP contribution in [0, 0.1) is 16.7 Å². The van der Waals surface area contributed by atoms with E-state index in [1.807, 2.05) is 0 Å². The first-order valence-corrected chi connectivity index (χ1v) is 7.11. The van der Waals surface area contributed by atoms with Crippen molar-refractivity contribution in [1.29, 1.82) is 0 Å². The first-order chi connectivity index (χ1) is 8.13. The summed E-state index contributed by atoms with van der Waals surface area (Å²) in [7, 11) is 0. The van der Waals surface area contributed by atoms with Gasteiger partial charge in [0, 0.05) is 26.3 Å². The molecule has 1 aliphatic heterocycles. The Hall–Kier alpha value is -0.120. The molecule has 1 aliphatic carbocycles. The average molecular weight is 240 g/mol. The van der Waals surface area contributed by atoms with Crippen LogP contribution in [-0.2, 0) is 4.74 Å². The third kappa shape index (κ3) is 3.01. The van der Waals surface area contributed by atoms with E-state index in [4.69, 9.17) is 10.5 Å². The molecule has 2 rings (SSSR count). The van der Waals surface area contributed by atoms with Gasteiger partial charge in [-0.3, -0.25) is 0 Å². The molecule has 0 spiro atoms. The molecule has 3 N–H and O–H groups in total. The molecule has 100 valence electrons. The summed E-state index contributed by atoms with van der Waals surface area (Å²) in [6.07, 6.45) is 5.03. The molecule has 17 heavy (non-hydrogen) atoms. The fourth-order valence-corrected chi connectivity index (χ4v) is 2.95. The highest BCUT2D eigenvalue weighted by molar-refractivity contribution is 4.98. The Bertz CT molecular complexity index is 243. The van der Waals surface area contributed by atoms with Crippen molar-refractivity contribution in [3.63, 3.8) is 0 Å². The highest BCUT2D eigenvalue weighted by Gasteiger charge is 2.45. The Morgan fingerprint density at radius 3 is 2.24 bits per heavy atom. The molecule has 0 bridgehead atoms. The zero-order valence-electron chi connectivity index (χ0n) is 11.4. The largest absolute Gasteiger partial charge is 0.381 e. The van der Waals surface area contributed by atoms with E-state index in [9.17, 15) is 0 Å². The van der Waals surface area contributed by atoms with Gasteiger partial charge in [-0.1, -0.05) is 13.8 Å². The minimum Gasteiger partial charge on any atom is -0.381 e. The second-order valence-electron chi connectivity index (χ2n) is 6.44. The van der Waals surface area contributed by atoms with Gasteiger partial charge in [0.05, 0.1) is 0 Å². The number of nitrogens with one attached hydrogen (secondary N) is 1. The molecule has 3 nitrogen and oxygen atoms in total. The van der Waals surface area contributed by atoms with Gasteiger partial charge in [-0.2, -0.15) is 0 Å². The first kappa shape index (κ1) is 13.3. The molecule has 0 radical (unpaired) electrons. The quantitative estimate of drug-likeness (QED) is 0.744. The second kappa shape index (κ2) is 5.25. The summed E-state index contributed by atoms with van der Waals surface area (Å²) in [5, 5.41) is 3.70. The minimum absolute atomic E-state index is 0.297. The molecule has 0 amide bonds. The number of nitrogens with two attached hydrogens (primary N) is 1. The van der Waals surface area contributed by atoms with Crippen molar-refractivity contribution in [2.75, 3.05) is 32.8 Å². The number of hydrogen-bond acceptors (Lipinski definition) is 3. The first-order valence-electron chi connectivity index (χ1n) is 7.11. The lowest BCUT2D eigenvalue weighted by Crippen LogP contribution is -2.45. The molecular weight excluding hydrogens is 212 g/mol. The van der Waals surface area contributed by atoms with Gasteiger partial charge in [0.1, 0.15) is 0 Å². The maximum atomic E-state index is 5.97. The Kier molecular flexibility index (Phi) is 4.11. The fourth-order valence-electron chi connectivity index (χ4n) is 2.95. The Morgan fingerprint density at radius 2 is 1.76 bits per heavy atom. The smallest absolute Gasteiger partial charge is 0.0472 e. The highest BCUT2D eigenvalue weighted by Crippen LogP contribution is 2.51. The Labute approximate surface area is 105 Å². The van der Waals surface area contributed by atoms with Gasteiger partial charge >= 0.3 is 0 Å². The summed E-state index contributed by atoms with van der Waals surface area (Å²) in [4.78, 5) is 0. The van der Waals surface area contributed by atoms with Gasteiger partial charge in [-0.25, -0.2) is 0 Å². The molecule has 0 aromatic carbocycles. The lowest BCUT2D eigenvalue weighted by Gasteiger charge is -2.37. The second-order valence-corrected chi connectivity index (χ2v) is 6.44. The Balaban J connectivity index is 1.76. The van der Waals surface area contributed by atoms with Crippen molar-refractivity contribution in [3.05, 3.63) is 0 Å². The van der Waals surface area contributed by atoms with Gasteiger partial charge in [0.15, 0.2) is 0 Å². The fraction of sp³-hybridized carbons (Fsp3) is 1.00. The van der Waals surface area contributed by atoms with Crippen LogP contribution in [0.25, 0.3) is 0 Å². The topological polar surface area (TPSA) is 47.3 Å². The van der Waals surface area contributed by atoms with E-state index in [1.165, 1.54) is 19.4 Å². The van der Waals surface area contributed by atoms with Crippen molar-refractivity contribution < 1.29 is 4.74 Å². The molecular formula is C14H28N2O. The van der Waals surface area contributed by atoms with Crippen molar-refractivity contribution in [2.24, 2.45) is 22.5 Å². The maximum absolute atomic E-state index is 5.97. The molecule has 0 atom stereocenters. The summed E-state index contributed by atoms with van der Waals surface area (Å²) >= 11 is 0. The van der Waals surface area contributed by atoms with E-state index in [2.05, 4.69) is 19.2 Å². The van der Waals surface area contributed by atoms with Crippen LogP contribution in [0.1, 0.15) is 39.5 Å². The standard InChI is InChI=1S/C14H28N2O/c1-12(2)14(3-4-14)11-16-10-13(9-15)5-7-17-8-6-13/h12,16H,3-11,15H2,1-2H3. The number of ether oxygens (including phenoxy) is 1. The Morgan fingerprint density at radius 1 is 1.12 bits per heavy atom. The van der Waals surface area contributed by atoms with Crippen LogP contribution in [0.5, 0.6) is 0 Å². The lowest BCUT2D eigenvalue weighted by molar-refractivity contribution is 0.0185. The highest BCUT2D eigenvalue weighted by atomic mass is 16.5. The summed E-state index contributed by atoms with van der Waals surface area (Å²) in [6, 6.07) is 0. The van der Waals surface area contributed by atoms with Gasteiger partial charge < -0.3 is 15.8 Å². The molecule has 2 fully saturated rings. The SMILES string of the molecule is CC(C)C1(CNCC2(CN)CCOCC2)CC1. The monoisotopic (exact) mass is 240 g/mol. The third-order valence-electron chi connectivity index (χ3n) is 5.08. The van der Waals surface area contributed by atoms with Gasteiger partial charge in [-0.05, 0) is 49.0 Å². The van der Waals surface area contributed by atoms with E-state index in [1.54, 1.807) is 0 Å². The van der Waals surface area contributed by atoms with E-state index in [0.29, 0.717) is 10.8 Å². The molecule has 1 saturated carbocycles. The molecule has 0 aromatic heterocycles. The molecule has 3 heteroatoms. The third-order valence-corrected chi connectivity index (χ3v) is 5.08. The molecule has 1 saturated heterocycles. The van der Waals surface area contributed by atoms with Crippen LogP contribution in [0.2, 0.25) is 0 Å². The normalized spacial score (nSPS) is 26.1. The maximum Gasteiger partial charge on any atom is 0.0472 e. The van der Waals surface area contributed by atoms with E-state index in [0.717, 1.165) is 45.1 Å². The van der Waals surface area contributed by atoms with Crippen LogP contribution in [0.15, 0.2) is 0 Å². The summed E-state index contributed by atoms with van der Waals surface area (Å²) in [6.45, 7) is 9.50. The predicted molar refractivity (Wildman–Crippen MR) is 70.9 cm³/mol. The van der Waals surface area contributed by atoms with Crippen LogP contribution in [-0.4, -0.2) is 32.8 Å². The molecule has 0 aromatic rings. The average Bonchev–Trinajstić information content (AvgIpc) is 3.11. The van der Waals surface area contributed by atoms with Gasteiger partial charge in [0.25, 0.3) is 0 Å². The summed E-state index contributed by atoms with van der Waals surface area (Å²) in [5.74, 6) is 0.804. The lowest BCUT2D eigenvalue weighted by atomic mass is 9.80. The van der Waals surface area contributed by atoms with E-state index < -0.39 is 0 Å². The van der Waals surface area contributed by atoms with Crippen molar-refractivity contribution >= 4 is 0 Å². The van der Waals surface area contributed by atoms with E-state index in [-0.39, 0.29) is 0 Å². The van der Waals surface area contributed by atoms with Crippen molar-refractivity contribution in [3.8, 4) is 0 Å². The minimum atomic E-state index is 0.297. The van der Waals surface area contributed by atoms with Crippen molar-refractivity contribution in [1.82, 2.24) is 5.32 Å². The molecule has 1 heterocycles. The van der Waals surface area contributed by atoms with Crippen LogP contribution in [0.4, 0.5) is 0 Å². The molecule has 0 unspecified atom stereocenters. The zero-order valence-corrected chi connectivity index (χ0v) is 11.4. The van der Waals surface area contributed by atoms with Crippen molar-refractivity contribution in [2.45, 2.75) is 39.5 Å². The van der Waals surface area contributed by atoms with Crippen LogP contribution in [0.3, 0.4) is 0 Å². The number of rotatable bonds is 6. The van der Waals surface area contributed by atoms with Crippen LogP contribution >= 0.6 is 0 Å². The predicted octanol–water partition coefficient (Wildman–Crippen LogP) is 1.77. The molecule has 2 aliphatic rings. The summed E-state index contributed by atoms with van der Waals surface area (Å²) < 4.78 is 5.44. The van der Waals surface area contributed by atoms with Gasteiger partial charge in [-0.15, -0.1) is 0 Å². The van der Waals surface area contributed by atoms with Gasteiger partial charge in [0.2, 0.25) is 0 Å².